The molecule has 2 aromatic rings. The van der Waals surface area contributed by atoms with E-state index in [0.29, 0.717) is 18.1 Å². The zero-order chi connectivity index (χ0) is 14.5. The lowest BCUT2D eigenvalue weighted by atomic mass is 10.0. The van der Waals surface area contributed by atoms with Crippen molar-refractivity contribution < 1.29 is 14.4 Å². The molecule has 1 aromatic heterocycles. The molecule has 106 valence electrons. The van der Waals surface area contributed by atoms with Crippen LogP contribution in [0.2, 0.25) is 0 Å². The van der Waals surface area contributed by atoms with Gasteiger partial charge >= 0.3 is 5.97 Å². The maximum absolute atomic E-state index is 10.6. The van der Waals surface area contributed by atoms with E-state index in [1.807, 2.05) is 25.1 Å². The number of carboxylic acid groups (broad SMARTS) is 1. The van der Waals surface area contributed by atoms with E-state index in [1.165, 1.54) is 5.56 Å². The van der Waals surface area contributed by atoms with Gasteiger partial charge in [0.2, 0.25) is 11.7 Å². The number of benzene rings is 1. The second kappa shape index (κ2) is 6.32. The van der Waals surface area contributed by atoms with Crippen molar-refractivity contribution in [2.45, 2.75) is 33.1 Å². The summed E-state index contributed by atoms with van der Waals surface area (Å²) in [5.74, 6) is 0.198. The molecule has 0 fully saturated rings. The standard InChI is InChI=1S/C15H18N2O3/c1-3-11-5-4-6-12(9-11)15-16-13(20-17-15)7-10(2)8-14(18)19/h4-6,9-10H,3,7-8H2,1-2H3,(H,18,19). The zero-order valence-corrected chi connectivity index (χ0v) is 11.7. The molecule has 1 N–H and O–H groups in total. The van der Waals surface area contributed by atoms with Crippen LogP contribution in [0.5, 0.6) is 0 Å². The van der Waals surface area contributed by atoms with E-state index in [1.54, 1.807) is 0 Å². The maximum Gasteiger partial charge on any atom is 0.303 e. The number of nitrogens with zero attached hydrogens (tertiary/aromatic N) is 2. The van der Waals surface area contributed by atoms with Gasteiger partial charge in [0.05, 0.1) is 0 Å². The molecular formula is C15H18N2O3. The summed E-state index contributed by atoms with van der Waals surface area (Å²) in [6, 6.07) is 8.00. The average Bonchev–Trinajstić information content (AvgIpc) is 2.86. The maximum atomic E-state index is 10.6. The van der Waals surface area contributed by atoms with Crippen LogP contribution in [0.4, 0.5) is 0 Å². The van der Waals surface area contributed by atoms with Crippen LogP contribution in [0.3, 0.4) is 0 Å². The fourth-order valence-electron chi connectivity index (χ4n) is 2.05. The first kappa shape index (κ1) is 14.2. The Bertz CT molecular complexity index is 592. The van der Waals surface area contributed by atoms with Gasteiger partial charge in [-0.3, -0.25) is 4.79 Å². The predicted molar refractivity (Wildman–Crippen MR) is 74.2 cm³/mol. The van der Waals surface area contributed by atoms with Gasteiger partial charge in [-0.15, -0.1) is 0 Å². The Balaban J connectivity index is 2.10. The highest BCUT2D eigenvalue weighted by Gasteiger charge is 2.14. The number of aliphatic carboxylic acids is 1. The van der Waals surface area contributed by atoms with Gasteiger partial charge < -0.3 is 9.63 Å². The highest BCUT2D eigenvalue weighted by atomic mass is 16.5. The Morgan fingerprint density at radius 1 is 1.45 bits per heavy atom. The number of hydrogen-bond acceptors (Lipinski definition) is 4. The van der Waals surface area contributed by atoms with Crippen molar-refractivity contribution in [3.05, 3.63) is 35.7 Å². The quantitative estimate of drug-likeness (QED) is 0.876. The molecule has 2 rings (SSSR count). The molecule has 0 aliphatic heterocycles. The molecule has 0 bridgehead atoms. The van der Waals surface area contributed by atoms with Crippen LogP contribution >= 0.6 is 0 Å². The van der Waals surface area contributed by atoms with E-state index >= 15 is 0 Å². The smallest absolute Gasteiger partial charge is 0.303 e. The van der Waals surface area contributed by atoms with Crippen LogP contribution in [0, 0.1) is 5.92 Å². The Hall–Kier alpha value is -2.17. The first-order valence-electron chi connectivity index (χ1n) is 6.72. The molecular weight excluding hydrogens is 256 g/mol. The van der Waals surface area contributed by atoms with Crippen molar-refractivity contribution in [2.24, 2.45) is 5.92 Å². The van der Waals surface area contributed by atoms with Gasteiger partial charge in [-0.1, -0.05) is 37.2 Å². The van der Waals surface area contributed by atoms with E-state index in [0.717, 1.165) is 12.0 Å². The van der Waals surface area contributed by atoms with E-state index in [-0.39, 0.29) is 12.3 Å². The van der Waals surface area contributed by atoms with Gasteiger partial charge in [0.25, 0.3) is 0 Å². The largest absolute Gasteiger partial charge is 0.481 e. The lowest BCUT2D eigenvalue weighted by molar-refractivity contribution is -0.137. The molecule has 5 nitrogen and oxygen atoms in total. The van der Waals surface area contributed by atoms with Gasteiger partial charge in [-0.2, -0.15) is 4.98 Å². The molecule has 0 saturated heterocycles. The summed E-state index contributed by atoms with van der Waals surface area (Å²) in [5, 5.41) is 12.7. The Morgan fingerprint density at radius 2 is 2.25 bits per heavy atom. The second-order valence-corrected chi connectivity index (χ2v) is 4.97. The highest BCUT2D eigenvalue weighted by molar-refractivity contribution is 5.67. The summed E-state index contributed by atoms with van der Waals surface area (Å²) >= 11 is 0. The first-order chi connectivity index (χ1) is 9.58. The molecule has 1 unspecified atom stereocenters. The van der Waals surface area contributed by atoms with Crippen LogP contribution in [0.25, 0.3) is 11.4 Å². The molecule has 0 saturated carbocycles. The number of hydrogen-bond donors (Lipinski definition) is 1. The SMILES string of the molecule is CCc1cccc(-c2noc(CC(C)CC(=O)O)n2)c1. The van der Waals surface area contributed by atoms with Gasteiger partial charge in [-0.05, 0) is 24.0 Å². The minimum Gasteiger partial charge on any atom is -0.481 e. The van der Waals surface area contributed by atoms with Crippen LogP contribution < -0.4 is 0 Å². The van der Waals surface area contributed by atoms with Gasteiger partial charge in [0.15, 0.2) is 0 Å². The number of carboxylic acids is 1. The van der Waals surface area contributed by atoms with Crippen LogP contribution in [0.1, 0.15) is 31.7 Å². The topological polar surface area (TPSA) is 76.2 Å². The van der Waals surface area contributed by atoms with Crippen molar-refractivity contribution in [1.82, 2.24) is 10.1 Å². The molecule has 1 heterocycles. The molecule has 0 aliphatic carbocycles. The van der Waals surface area contributed by atoms with Crippen molar-refractivity contribution >= 4 is 5.97 Å². The van der Waals surface area contributed by atoms with Gasteiger partial charge in [0.1, 0.15) is 0 Å². The first-order valence-corrected chi connectivity index (χ1v) is 6.72. The van der Waals surface area contributed by atoms with Crippen molar-refractivity contribution in [3.8, 4) is 11.4 Å². The minimum absolute atomic E-state index is 0.0252. The third-order valence-corrected chi connectivity index (χ3v) is 3.11. The Kier molecular flexibility index (Phi) is 4.50. The van der Waals surface area contributed by atoms with E-state index in [4.69, 9.17) is 9.63 Å². The second-order valence-electron chi connectivity index (χ2n) is 4.97. The molecule has 0 spiro atoms. The third kappa shape index (κ3) is 3.66. The minimum atomic E-state index is -0.812. The third-order valence-electron chi connectivity index (χ3n) is 3.11. The zero-order valence-electron chi connectivity index (χ0n) is 11.7. The molecule has 1 atom stereocenters. The summed E-state index contributed by atoms with van der Waals surface area (Å²) < 4.78 is 5.19. The van der Waals surface area contributed by atoms with E-state index < -0.39 is 5.97 Å². The van der Waals surface area contributed by atoms with E-state index in [9.17, 15) is 4.79 Å². The average molecular weight is 274 g/mol. The summed E-state index contributed by atoms with van der Waals surface area (Å²) in [5.41, 5.74) is 2.14. The fraction of sp³-hybridized carbons (Fsp3) is 0.400. The molecule has 20 heavy (non-hydrogen) atoms. The monoisotopic (exact) mass is 274 g/mol. The van der Waals surface area contributed by atoms with Crippen molar-refractivity contribution in [1.29, 1.82) is 0 Å². The summed E-state index contributed by atoms with van der Waals surface area (Å²) in [6.07, 6.45) is 1.53. The van der Waals surface area contributed by atoms with Crippen molar-refractivity contribution in [3.63, 3.8) is 0 Å². The Morgan fingerprint density at radius 3 is 2.95 bits per heavy atom. The molecule has 0 aliphatic rings. The lowest BCUT2D eigenvalue weighted by Crippen LogP contribution is -2.07. The number of carbonyl (C=O) groups is 1. The molecule has 1 aromatic carbocycles. The number of aromatic nitrogens is 2. The van der Waals surface area contributed by atoms with Crippen LogP contribution in [-0.2, 0) is 17.6 Å². The van der Waals surface area contributed by atoms with E-state index in [2.05, 4.69) is 23.1 Å². The summed E-state index contributed by atoms with van der Waals surface area (Å²) in [6.45, 7) is 3.95. The molecule has 0 radical (unpaired) electrons. The summed E-state index contributed by atoms with van der Waals surface area (Å²) in [7, 11) is 0. The Labute approximate surface area is 117 Å². The van der Waals surface area contributed by atoms with Crippen molar-refractivity contribution in [2.75, 3.05) is 0 Å². The van der Waals surface area contributed by atoms with Crippen LogP contribution in [-0.4, -0.2) is 21.2 Å². The normalized spacial score (nSPS) is 12.3. The number of rotatable bonds is 6. The van der Waals surface area contributed by atoms with Gasteiger partial charge in [0, 0.05) is 18.4 Å². The fourth-order valence-corrected chi connectivity index (χ4v) is 2.05. The summed E-state index contributed by atoms with van der Waals surface area (Å²) in [4.78, 5) is 15.0. The highest BCUT2D eigenvalue weighted by Crippen LogP contribution is 2.19. The number of aryl methyl sites for hydroxylation is 1. The van der Waals surface area contributed by atoms with Gasteiger partial charge in [-0.25, -0.2) is 0 Å². The lowest BCUT2D eigenvalue weighted by Gasteiger charge is -2.03. The van der Waals surface area contributed by atoms with Crippen LogP contribution in [0.15, 0.2) is 28.8 Å². The molecule has 0 amide bonds. The predicted octanol–water partition coefficient (Wildman–Crippen LogP) is 2.95. The molecule has 5 heteroatoms.